The molecule has 0 N–H and O–H groups in total. The maximum atomic E-state index is 9.40. The summed E-state index contributed by atoms with van der Waals surface area (Å²) < 4.78 is 4.39. The molecule has 3 rings (SSSR count). The Morgan fingerprint density at radius 2 is 1.00 bits per heavy atom. The quantitative estimate of drug-likeness (QED) is 0.337. The molecule has 0 amide bonds. The van der Waals surface area contributed by atoms with Crippen LogP contribution < -0.4 is 12.5 Å². The Morgan fingerprint density at radius 1 is 0.680 bits per heavy atom. The first kappa shape index (κ1) is 21.4. The second-order valence-corrected chi connectivity index (χ2v) is 9.08. The summed E-state index contributed by atoms with van der Waals surface area (Å²) in [5.74, 6) is 0. The summed E-state index contributed by atoms with van der Waals surface area (Å²) in [4.78, 5) is 9.40. The van der Waals surface area contributed by atoms with Gasteiger partial charge >= 0.3 is 119 Å². The van der Waals surface area contributed by atoms with Crippen molar-refractivity contribution in [1.82, 2.24) is 0 Å². The second-order valence-electron chi connectivity index (χ2n) is 5.01. The Balaban J connectivity index is 0.000000462. The van der Waals surface area contributed by atoms with Crippen molar-refractivity contribution in [1.29, 1.82) is 0 Å². The molecule has 3 heteroatoms. The predicted molar refractivity (Wildman–Crippen MR) is 110 cm³/mol. The summed E-state index contributed by atoms with van der Waals surface area (Å²) in [5, 5.41) is 0. The third kappa shape index (κ3) is 7.03. The molecule has 0 aromatic heterocycles. The van der Waals surface area contributed by atoms with Gasteiger partial charge in [-0.15, -0.1) is 0 Å². The van der Waals surface area contributed by atoms with Gasteiger partial charge in [0, 0.05) is 6.42 Å². The SMILES string of the molecule is CCCC=O.P.c1cc[c]([Rh]([c]2ccccc2)[c]2ccccc2)cc1. The maximum absolute atomic E-state index is 9.40. The van der Waals surface area contributed by atoms with Gasteiger partial charge in [-0.25, -0.2) is 0 Å². The third-order valence-electron chi connectivity index (χ3n) is 3.14. The van der Waals surface area contributed by atoms with Gasteiger partial charge in [-0.05, 0) is 6.42 Å². The standard InChI is InChI=1S/3C6H5.C4H8O.H3P.Rh/c3*1-2-4-6-5-3-1;1-2-3-4-5;;/h3*1-5H;4H,2-3H2,1H3;1H3;. The van der Waals surface area contributed by atoms with E-state index in [9.17, 15) is 4.79 Å². The summed E-state index contributed by atoms with van der Waals surface area (Å²) in [7, 11) is 0. The van der Waals surface area contributed by atoms with E-state index in [1.54, 1.807) is 0 Å². The molecule has 0 fully saturated rings. The molecule has 0 saturated heterocycles. The van der Waals surface area contributed by atoms with E-state index in [2.05, 4.69) is 91.0 Å². The van der Waals surface area contributed by atoms with Gasteiger partial charge in [0.25, 0.3) is 0 Å². The number of hydrogen-bond donors (Lipinski definition) is 0. The molecule has 0 heterocycles. The molecule has 0 saturated carbocycles. The van der Waals surface area contributed by atoms with Crippen molar-refractivity contribution in [3.8, 4) is 0 Å². The molecule has 134 valence electrons. The Labute approximate surface area is 160 Å². The first-order chi connectivity index (χ1) is 11.9. The average molecular weight is 440 g/mol. The fraction of sp³-hybridized carbons (Fsp3) is 0.136. The van der Waals surface area contributed by atoms with Gasteiger partial charge in [0.15, 0.2) is 0 Å². The number of carbonyl (C=O) groups is 1. The van der Waals surface area contributed by atoms with Gasteiger partial charge in [-0.1, -0.05) is 6.92 Å². The Kier molecular flexibility index (Phi) is 10.9. The van der Waals surface area contributed by atoms with Crippen LogP contribution in [0.15, 0.2) is 91.0 Å². The van der Waals surface area contributed by atoms with Crippen LogP contribution in [0.3, 0.4) is 0 Å². The summed E-state index contributed by atoms with van der Waals surface area (Å²) in [6, 6.07) is 32.6. The van der Waals surface area contributed by atoms with Gasteiger partial charge in [0.1, 0.15) is 6.29 Å². The molecule has 25 heavy (non-hydrogen) atoms. The molecule has 1 unspecified atom stereocenters. The van der Waals surface area contributed by atoms with Crippen LogP contribution in [0.5, 0.6) is 0 Å². The minimum atomic E-state index is -1.21. The van der Waals surface area contributed by atoms with Crippen LogP contribution in [0.1, 0.15) is 19.8 Å². The van der Waals surface area contributed by atoms with E-state index in [4.69, 9.17) is 0 Å². The Bertz CT molecular complexity index is 608. The van der Waals surface area contributed by atoms with E-state index in [0.717, 1.165) is 12.7 Å². The van der Waals surface area contributed by atoms with Crippen molar-refractivity contribution in [2.45, 2.75) is 19.8 Å². The Morgan fingerprint density at radius 3 is 1.20 bits per heavy atom. The molecule has 0 aliphatic rings. The van der Waals surface area contributed by atoms with E-state index < -0.39 is 16.0 Å². The average Bonchev–Trinajstić information content (AvgIpc) is 2.66. The molecule has 0 aliphatic heterocycles. The predicted octanol–water partition coefficient (Wildman–Crippen LogP) is 3.62. The van der Waals surface area contributed by atoms with Gasteiger partial charge in [0.05, 0.1) is 0 Å². The van der Waals surface area contributed by atoms with Crippen LogP contribution in [0, 0.1) is 0 Å². The first-order valence-corrected chi connectivity index (χ1v) is 10.5. The van der Waals surface area contributed by atoms with Gasteiger partial charge < -0.3 is 4.79 Å². The normalized spacial score (nSPS) is 9.88. The summed E-state index contributed by atoms with van der Waals surface area (Å²) in [5.41, 5.74) is 0. The molecular formula is C22H26OPRh. The molecule has 1 nitrogen and oxygen atoms in total. The second kappa shape index (κ2) is 12.7. The van der Waals surface area contributed by atoms with Gasteiger partial charge in [0.2, 0.25) is 0 Å². The number of carbonyl (C=O) groups excluding carboxylic acids is 1. The van der Waals surface area contributed by atoms with Crippen molar-refractivity contribution >= 4 is 28.7 Å². The monoisotopic (exact) mass is 440 g/mol. The number of benzene rings is 3. The number of aldehydes is 1. The summed E-state index contributed by atoms with van der Waals surface area (Å²) in [6.07, 6.45) is 2.61. The van der Waals surface area contributed by atoms with Crippen molar-refractivity contribution in [2.75, 3.05) is 0 Å². The van der Waals surface area contributed by atoms with E-state index in [-0.39, 0.29) is 9.90 Å². The third-order valence-corrected chi connectivity index (χ3v) is 7.62. The molecule has 0 radical (unpaired) electrons. The summed E-state index contributed by atoms with van der Waals surface area (Å²) in [6.45, 7) is 1.98. The van der Waals surface area contributed by atoms with Crippen LogP contribution in [0.2, 0.25) is 0 Å². The van der Waals surface area contributed by atoms with E-state index in [1.165, 1.54) is 12.5 Å². The van der Waals surface area contributed by atoms with Gasteiger partial charge in [-0.2, -0.15) is 9.90 Å². The van der Waals surface area contributed by atoms with Crippen LogP contribution in [-0.4, -0.2) is 6.29 Å². The molecule has 0 aliphatic carbocycles. The van der Waals surface area contributed by atoms with Crippen LogP contribution in [0.25, 0.3) is 0 Å². The molecule has 3 aromatic carbocycles. The van der Waals surface area contributed by atoms with Gasteiger partial charge in [-0.3, -0.25) is 0 Å². The minimum absolute atomic E-state index is 0. The van der Waals surface area contributed by atoms with E-state index in [1.807, 2.05) is 6.92 Å². The van der Waals surface area contributed by atoms with Crippen molar-refractivity contribution in [3.05, 3.63) is 91.0 Å². The molecule has 1 atom stereocenters. The fourth-order valence-corrected chi connectivity index (χ4v) is 6.23. The van der Waals surface area contributed by atoms with Crippen molar-refractivity contribution in [3.63, 3.8) is 0 Å². The van der Waals surface area contributed by atoms with E-state index in [0.29, 0.717) is 6.42 Å². The van der Waals surface area contributed by atoms with Crippen LogP contribution in [0.4, 0.5) is 0 Å². The first-order valence-electron chi connectivity index (χ1n) is 8.08. The zero-order valence-corrected chi connectivity index (χ0v) is 17.7. The number of rotatable bonds is 5. The molecule has 3 aromatic rings. The molecule has 0 spiro atoms. The van der Waals surface area contributed by atoms with E-state index >= 15 is 0 Å². The zero-order chi connectivity index (χ0) is 17.0. The van der Waals surface area contributed by atoms with Crippen LogP contribution >= 0.6 is 9.90 Å². The van der Waals surface area contributed by atoms with Crippen molar-refractivity contribution < 1.29 is 20.7 Å². The summed E-state index contributed by atoms with van der Waals surface area (Å²) >= 11 is -1.21. The van der Waals surface area contributed by atoms with Crippen molar-refractivity contribution in [2.24, 2.45) is 0 Å². The number of unbranched alkanes of at least 4 members (excludes halogenated alkanes) is 1. The molecular weight excluding hydrogens is 414 g/mol. The Hall–Kier alpha value is -1.62. The molecule has 0 bridgehead atoms. The van der Waals surface area contributed by atoms with Crippen LogP contribution in [-0.2, 0) is 20.7 Å². The topological polar surface area (TPSA) is 17.1 Å². The number of hydrogen-bond acceptors (Lipinski definition) is 1. The fourth-order valence-electron chi connectivity index (χ4n) is 2.00. The zero-order valence-electron chi connectivity index (χ0n) is 14.6.